The number of alkyl halides is 2. The molecular weight excluding hydrogens is 418 g/mol. The lowest BCUT2D eigenvalue weighted by molar-refractivity contribution is -0.137. The third-order valence-electron chi connectivity index (χ3n) is 4.65. The third-order valence-corrected chi connectivity index (χ3v) is 7.00. The minimum absolute atomic E-state index is 0.0285. The third kappa shape index (κ3) is 4.03. The molecule has 0 aliphatic carbocycles. The second-order valence-electron chi connectivity index (χ2n) is 6.53. The van der Waals surface area contributed by atoms with Crippen LogP contribution in [0.3, 0.4) is 0 Å². The van der Waals surface area contributed by atoms with Crippen molar-refractivity contribution in [3.63, 3.8) is 0 Å². The fourth-order valence-corrected chi connectivity index (χ4v) is 5.44. The summed E-state index contributed by atoms with van der Waals surface area (Å²) in [6.07, 6.45) is 0.727. The Bertz CT molecular complexity index is 772. The summed E-state index contributed by atoms with van der Waals surface area (Å²) in [5.41, 5.74) is 0. The number of amides is 1. The fourth-order valence-electron chi connectivity index (χ4n) is 3.32. The molecule has 2 aliphatic rings. The van der Waals surface area contributed by atoms with Gasteiger partial charge in [-0.25, -0.2) is 17.2 Å². The lowest BCUT2D eigenvalue weighted by Gasteiger charge is -2.33. The zero-order chi connectivity index (χ0) is 18.2. The highest BCUT2D eigenvalue weighted by Crippen LogP contribution is 2.31. The minimum atomic E-state index is -3.71. The maximum absolute atomic E-state index is 13.3. The Morgan fingerprint density at radius 2 is 2.04 bits per heavy atom. The summed E-state index contributed by atoms with van der Waals surface area (Å²) in [4.78, 5) is 13.8. The zero-order valence-electron chi connectivity index (χ0n) is 13.5. The van der Waals surface area contributed by atoms with Crippen molar-refractivity contribution >= 4 is 31.9 Å². The average molecular weight is 437 g/mol. The summed E-state index contributed by atoms with van der Waals surface area (Å²) in [5.74, 6) is -3.78. The van der Waals surface area contributed by atoms with E-state index >= 15 is 0 Å². The van der Waals surface area contributed by atoms with Crippen molar-refractivity contribution in [2.45, 2.75) is 30.1 Å². The summed E-state index contributed by atoms with van der Waals surface area (Å²) >= 11 is 3.25. The van der Waals surface area contributed by atoms with Crippen LogP contribution >= 0.6 is 15.9 Å². The van der Waals surface area contributed by atoms with Crippen molar-refractivity contribution in [3.8, 4) is 0 Å². The average Bonchev–Trinajstić information content (AvgIpc) is 2.94. The Morgan fingerprint density at radius 1 is 1.28 bits per heavy atom. The Labute approximate surface area is 154 Å². The second-order valence-corrected chi connectivity index (χ2v) is 9.38. The molecule has 2 aliphatic heterocycles. The minimum Gasteiger partial charge on any atom is -0.336 e. The standard InChI is InChI=1S/C16H19BrF2N2O3S/c17-13-4-1-5-14(9-13)25(23,24)21-7-2-3-12(10-21)15(22)20-8-6-16(18,19)11-20/h1,4-5,9,12H,2-3,6-8,10-11H2. The van der Waals surface area contributed by atoms with E-state index in [4.69, 9.17) is 0 Å². The number of piperidine rings is 1. The van der Waals surface area contributed by atoms with Gasteiger partial charge < -0.3 is 4.90 Å². The van der Waals surface area contributed by atoms with Gasteiger partial charge >= 0.3 is 0 Å². The molecule has 1 aromatic rings. The Morgan fingerprint density at radius 3 is 2.68 bits per heavy atom. The number of rotatable bonds is 3. The van der Waals surface area contributed by atoms with Crippen LogP contribution in [0.2, 0.25) is 0 Å². The van der Waals surface area contributed by atoms with Crippen LogP contribution in [0.4, 0.5) is 8.78 Å². The molecule has 25 heavy (non-hydrogen) atoms. The van der Waals surface area contributed by atoms with E-state index in [-0.39, 0.29) is 30.3 Å². The van der Waals surface area contributed by atoms with E-state index in [1.165, 1.54) is 21.3 Å². The van der Waals surface area contributed by atoms with Gasteiger partial charge in [0.2, 0.25) is 15.9 Å². The largest absolute Gasteiger partial charge is 0.336 e. The molecule has 0 radical (unpaired) electrons. The van der Waals surface area contributed by atoms with Gasteiger partial charge in [0.25, 0.3) is 5.92 Å². The van der Waals surface area contributed by atoms with Crippen LogP contribution in [0.25, 0.3) is 0 Å². The highest BCUT2D eigenvalue weighted by Gasteiger charge is 2.43. The van der Waals surface area contributed by atoms with Gasteiger partial charge in [-0.2, -0.15) is 4.31 Å². The summed E-state index contributed by atoms with van der Waals surface area (Å²) < 4.78 is 54.2. The zero-order valence-corrected chi connectivity index (χ0v) is 15.9. The highest BCUT2D eigenvalue weighted by atomic mass is 79.9. The first-order valence-corrected chi connectivity index (χ1v) is 10.3. The van der Waals surface area contributed by atoms with E-state index in [9.17, 15) is 22.0 Å². The van der Waals surface area contributed by atoms with Crippen molar-refractivity contribution in [3.05, 3.63) is 28.7 Å². The van der Waals surface area contributed by atoms with Gasteiger partial charge in [0.15, 0.2) is 0 Å². The molecule has 0 aromatic heterocycles. The van der Waals surface area contributed by atoms with Gasteiger partial charge in [0.05, 0.1) is 17.4 Å². The molecule has 2 heterocycles. The van der Waals surface area contributed by atoms with Gasteiger partial charge in [0, 0.05) is 30.5 Å². The maximum Gasteiger partial charge on any atom is 0.267 e. The van der Waals surface area contributed by atoms with Crippen molar-refractivity contribution < 1.29 is 22.0 Å². The topological polar surface area (TPSA) is 57.7 Å². The quantitative estimate of drug-likeness (QED) is 0.731. The number of hydrogen-bond acceptors (Lipinski definition) is 3. The molecule has 0 saturated carbocycles. The van der Waals surface area contributed by atoms with E-state index in [1.807, 2.05) is 0 Å². The molecule has 5 nitrogen and oxygen atoms in total. The fraction of sp³-hybridized carbons (Fsp3) is 0.562. The van der Waals surface area contributed by atoms with Crippen molar-refractivity contribution in [2.75, 3.05) is 26.2 Å². The number of likely N-dealkylation sites (tertiary alicyclic amines) is 1. The predicted molar refractivity (Wildman–Crippen MR) is 91.8 cm³/mol. The van der Waals surface area contributed by atoms with Gasteiger partial charge in [-0.3, -0.25) is 4.79 Å². The monoisotopic (exact) mass is 436 g/mol. The van der Waals surface area contributed by atoms with E-state index < -0.39 is 28.4 Å². The van der Waals surface area contributed by atoms with Crippen molar-refractivity contribution in [1.29, 1.82) is 0 Å². The number of halogens is 3. The number of hydrogen-bond donors (Lipinski definition) is 0. The molecular formula is C16H19BrF2N2O3S. The molecule has 1 aromatic carbocycles. The number of nitrogens with zero attached hydrogens (tertiary/aromatic N) is 2. The first kappa shape index (κ1) is 18.7. The normalized spacial score (nSPS) is 24.4. The van der Waals surface area contributed by atoms with Gasteiger partial charge in [0.1, 0.15) is 0 Å². The summed E-state index contributed by atoms with van der Waals surface area (Å²) in [6.45, 7) is -0.175. The lowest BCUT2D eigenvalue weighted by atomic mass is 9.98. The summed E-state index contributed by atoms with van der Waals surface area (Å²) in [5, 5.41) is 0. The van der Waals surface area contributed by atoms with E-state index in [2.05, 4.69) is 15.9 Å². The van der Waals surface area contributed by atoms with Crippen LogP contribution in [0.15, 0.2) is 33.6 Å². The molecule has 0 bridgehead atoms. The maximum atomic E-state index is 13.3. The highest BCUT2D eigenvalue weighted by molar-refractivity contribution is 9.10. The van der Waals surface area contributed by atoms with Gasteiger partial charge in [-0.05, 0) is 31.0 Å². The molecule has 0 spiro atoms. The molecule has 2 fully saturated rings. The molecule has 1 unspecified atom stereocenters. The second kappa shape index (κ2) is 6.92. The van der Waals surface area contributed by atoms with Crippen LogP contribution in [-0.4, -0.2) is 55.6 Å². The SMILES string of the molecule is O=C(C1CCCN(S(=O)(=O)c2cccc(Br)c2)C1)N1CCC(F)(F)C1. The lowest BCUT2D eigenvalue weighted by Crippen LogP contribution is -2.46. The smallest absolute Gasteiger partial charge is 0.267 e. The molecule has 1 amide bonds. The van der Waals surface area contributed by atoms with Gasteiger partial charge in [-0.15, -0.1) is 0 Å². The van der Waals surface area contributed by atoms with E-state index in [0.29, 0.717) is 23.9 Å². The van der Waals surface area contributed by atoms with Crippen LogP contribution in [0.5, 0.6) is 0 Å². The Balaban J connectivity index is 1.74. The van der Waals surface area contributed by atoms with Crippen molar-refractivity contribution in [2.24, 2.45) is 5.92 Å². The van der Waals surface area contributed by atoms with E-state index in [1.54, 1.807) is 12.1 Å². The predicted octanol–water partition coefficient (Wildman–Crippen LogP) is 2.72. The molecule has 138 valence electrons. The van der Waals surface area contributed by atoms with Crippen LogP contribution in [0.1, 0.15) is 19.3 Å². The van der Waals surface area contributed by atoms with Crippen LogP contribution < -0.4 is 0 Å². The summed E-state index contributed by atoms with van der Waals surface area (Å²) in [6, 6.07) is 6.39. The van der Waals surface area contributed by atoms with Crippen LogP contribution in [0, 0.1) is 5.92 Å². The Hall–Kier alpha value is -1.06. The summed E-state index contributed by atoms with van der Waals surface area (Å²) in [7, 11) is -3.71. The number of carbonyl (C=O) groups excluding carboxylic acids is 1. The van der Waals surface area contributed by atoms with Crippen LogP contribution in [-0.2, 0) is 14.8 Å². The first-order valence-electron chi connectivity index (χ1n) is 8.11. The molecule has 9 heteroatoms. The number of carbonyl (C=O) groups is 1. The molecule has 3 rings (SSSR count). The number of sulfonamides is 1. The molecule has 0 N–H and O–H groups in total. The van der Waals surface area contributed by atoms with E-state index in [0.717, 1.165) is 0 Å². The van der Waals surface area contributed by atoms with Gasteiger partial charge in [-0.1, -0.05) is 22.0 Å². The first-order chi connectivity index (χ1) is 11.7. The molecule has 2 saturated heterocycles. The Kier molecular flexibility index (Phi) is 5.18. The van der Waals surface area contributed by atoms with Crippen molar-refractivity contribution in [1.82, 2.24) is 9.21 Å². The molecule has 1 atom stereocenters. The number of benzene rings is 1.